The van der Waals surface area contributed by atoms with E-state index in [1.165, 1.54) is 12.1 Å². The van der Waals surface area contributed by atoms with Gasteiger partial charge in [-0.25, -0.2) is 4.39 Å². The largest absolute Gasteiger partial charge is 0.321 e. The van der Waals surface area contributed by atoms with Crippen molar-refractivity contribution in [3.8, 4) is 0 Å². The van der Waals surface area contributed by atoms with Gasteiger partial charge in [-0.2, -0.15) is 0 Å². The number of rotatable bonds is 2. The molecule has 0 unspecified atom stereocenters. The summed E-state index contributed by atoms with van der Waals surface area (Å²) in [6, 6.07) is 11.9. The Hall–Kier alpha value is -1.43. The number of hydrogen-bond donors (Lipinski definition) is 1. The van der Waals surface area contributed by atoms with Crippen molar-refractivity contribution in [2.45, 2.75) is 6.92 Å². The first kappa shape index (κ1) is 13.0. The van der Waals surface area contributed by atoms with Crippen LogP contribution >= 0.6 is 22.6 Å². The van der Waals surface area contributed by atoms with E-state index in [9.17, 15) is 9.18 Å². The lowest BCUT2D eigenvalue weighted by atomic mass is 10.1. The van der Waals surface area contributed by atoms with E-state index in [2.05, 4.69) is 27.9 Å². The number of anilines is 1. The van der Waals surface area contributed by atoms with E-state index in [1.807, 2.05) is 18.2 Å². The van der Waals surface area contributed by atoms with Crippen molar-refractivity contribution >= 4 is 34.2 Å². The lowest BCUT2D eigenvalue weighted by Crippen LogP contribution is -2.14. The van der Waals surface area contributed by atoms with E-state index in [0.717, 1.165) is 9.13 Å². The van der Waals surface area contributed by atoms with Gasteiger partial charge in [0, 0.05) is 3.57 Å². The van der Waals surface area contributed by atoms with Crippen molar-refractivity contribution in [1.82, 2.24) is 0 Å². The third-order valence-electron chi connectivity index (χ3n) is 2.49. The van der Waals surface area contributed by atoms with Crippen LogP contribution in [0.1, 0.15) is 15.9 Å². The summed E-state index contributed by atoms with van der Waals surface area (Å²) in [4.78, 5) is 11.9. The molecule has 0 radical (unpaired) electrons. The van der Waals surface area contributed by atoms with E-state index in [1.54, 1.807) is 19.1 Å². The van der Waals surface area contributed by atoms with Gasteiger partial charge in [0.1, 0.15) is 5.82 Å². The highest BCUT2D eigenvalue weighted by atomic mass is 127. The molecule has 2 aromatic carbocycles. The topological polar surface area (TPSA) is 29.1 Å². The van der Waals surface area contributed by atoms with Crippen LogP contribution in [0.15, 0.2) is 42.5 Å². The lowest BCUT2D eigenvalue weighted by Gasteiger charge is -2.08. The minimum absolute atomic E-state index is 0.0558. The van der Waals surface area contributed by atoms with Crippen LogP contribution < -0.4 is 5.32 Å². The highest BCUT2D eigenvalue weighted by Crippen LogP contribution is 2.19. The number of benzene rings is 2. The van der Waals surface area contributed by atoms with Crippen LogP contribution in [0.2, 0.25) is 0 Å². The maximum Gasteiger partial charge on any atom is 0.258 e. The Morgan fingerprint density at radius 1 is 1.22 bits per heavy atom. The molecule has 0 saturated carbocycles. The van der Waals surface area contributed by atoms with Crippen LogP contribution in [0, 0.1) is 16.3 Å². The van der Waals surface area contributed by atoms with Gasteiger partial charge in [-0.15, -0.1) is 0 Å². The van der Waals surface area contributed by atoms with Crippen molar-refractivity contribution in [3.05, 3.63) is 63.0 Å². The zero-order valence-electron chi connectivity index (χ0n) is 9.71. The molecule has 92 valence electrons. The molecule has 2 aromatic rings. The van der Waals surface area contributed by atoms with Crippen LogP contribution in [0.5, 0.6) is 0 Å². The molecule has 0 atom stereocenters. The maximum absolute atomic E-state index is 13.6. The van der Waals surface area contributed by atoms with Crippen LogP contribution in [-0.4, -0.2) is 5.91 Å². The van der Waals surface area contributed by atoms with Crippen molar-refractivity contribution in [3.63, 3.8) is 0 Å². The molecule has 0 aliphatic rings. The predicted octanol–water partition coefficient (Wildman–Crippen LogP) is 3.99. The molecular formula is C14H11FINO. The molecule has 0 aromatic heterocycles. The number of hydrogen-bond acceptors (Lipinski definition) is 1. The quantitative estimate of drug-likeness (QED) is 0.811. The highest BCUT2D eigenvalue weighted by Gasteiger charge is 2.12. The van der Waals surface area contributed by atoms with Gasteiger partial charge < -0.3 is 5.32 Å². The Labute approximate surface area is 118 Å². The smallest absolute Gasteiger partial charge is 0.258 e. The molecule has 0 saturated heterocycles. The van der Waals surface area contributed by atoms with Gasteiger partial charge >= 0.3 is 0 Å². The Balaban J connectivity index is 2.25. The molecule has 1 N–H and O–H groups in total. The van der Waals surface area contributed by atoms with Crippen molar-refractivity contribution < 1.29 is 9.18 Å². The molecular weight excluding hydrogens is 344 g/mol. The number of carbonyl (C=O) groups is 1. The summed E-state index contributed by atoms with van der Waals surface area (Å²) in [6.07, 6.45) is 0. The van der Waals surface area contributed by atoms with E-state index in [-0.39, 0.29) is 5.56 Å². The first-order chi connectivity index (χ1) is 8.58. The Morgan fingerprint density at radius 2 is 1.94 bits per heavy atom. The standard InChI is InChI=1S/C14H11FINO/c1-9-6-7-10(11(15)8-9)14(18)17-13-5-3-2-4-12(13)16/h2-8H,1H3,(H,17,18). The number of carbonyl (C=O) groups excluding carboxylic acids is 1. The zero-order chi connectivity index (χ0) is 13.1. The summed E-state index contributed by atoms with van der Waals surface area (Å²) >= 11 is 2.12. The van der Waals surface area contributed by atoms with Crippen LogP contribution in [-0.2, 0) is 0 Å². The average molecular weight is 355 g/mol. The fourth-order valence-electron chi connectivity index (χ4n) is 1.56. The van der Waals surface area contributed by atoms with E-state index >= 15 is 0 Å². The van der Waals surface area contributed by atoms with Gasteiger partial charge in [-0.1, -0.05) is 18.2 Å². The fraction of sp³-hybridized carbons (Fsp3) is 0.0714. The number of aryl methyl sites for hydroxylation is 1. The van der Waals surface area contributed by atoms with E-state index in [0.29, 0.717) is 5.69 Å². The molecule has 1 amide bonds. The third-order valence-corrected chi connectivity index (χ3v) is 3.43. The molecule has 2 rings (SSSR count). The molecule has 0 heterocycles. The second-order valence-electron chi connectivity index (χ2n) is 3.92. The summed E-state index contributed by atoms with van der Waals surface area (Å²) in [5.74, 6) is -0.935. The lowest BCUT2D eigenvalue weighted by molar-refractivity contribution is 0.102. The Kier molecular flexibility index (Phi) is 3.96. The van der Waals surface area contributed by atoms with Gasteiger partial charge in [-0.05, 0) is 59.3 Å². The van der Waals surface area contributed by atoms with Crippen molar-refractivity contribution in [2.24, 2.45) is 0 Å². The van der Waals surface area contributed by atoms with Crippen LogP contribution in [0.4, 0.5) is 10.1 Å². The van der Waals surface area contributed by atoms with E-state index < -0.39 is 11.7 Å². The second-order valence-corrected chi connectivity index (χ2v) is 5.08. The number of halogens is 2. The number of amides is 1. The normalized spacial score (nSPS) is 10.2. The maximum atomic E-state index is 13.6. The first-order valence-electron chi connectivity index (χ1n) is 5.40. The van der Waals surface area contributed by atoms with Crippen molar-refractivity contribution in [1.29, 1.82) is 0 Å². The molecule has 18 heavy (non-hydrogen) atoms. The summed E-state index contributed by atoms with van der Waals surface area (Å²) in [5, 5.41) is 2.70. The molecule has 0 aliphatic carbocycles. The predicted molar refractivity (Wildman–Crippen MR) is 78.2 cm³/mol. The molecule has 0 fully saturated rings. The molecule has 0 spiro atoms. The fourth-order valence-corrected chi connectivity index (χ4v) is 2.08. The Bertz CT molecular complexity index is 598. The molecule has 2 nitrogen and oxygen atoms in total. The first-order valence-corrected chi connectivity index (χ1v) is 6.48. The minimum atomic E-state index is -0.501. The summed E-state index contributed by atoms with van der Waals surface area (Å²) in [7, 11) is 0. The van der Waals surface area contributed by atoms with E-state index in [4.69, 9.17) is 0 Å². The highest BCUT2D eigenvalue weighted by molar-refractivity contribution is 14.1. The van der Waals surface area contributed by atoms with Crippen LogP contribution in [0.3, 0.4) is 0 Å². The average Bonchev–Trinajstić information content (AvgIpc) is 2.32. The van der Waals surface area contributed by atoms with Gasteiger partial charge in [0.25, 0.3) is 5.91 Å². The van der Waals surface area contributed by atoms with Crippen LogP contribution in [0.25, 0.3) is 0 Å². The van der Waals surface area contributed by atoms with Gasteiger partial charge in [0.15, 0.2) is 0 Å². The third kappa shape index (κ3) is 2.87. The summed E-state index contributed by atoms with van der Waals surface area (Å²) in [5.41, 5.74) is 1.53. The molecule has 4 heteroatoms. The SMILES string of the molecule is Cc1ccc(C(=O)Nc2ccccc2I)c(F)c1. The number of para-hydroxylation sites is 1. The monoisotopic (exact) mass is 355 g/mol. The second kappa shape index (κ2) is 5.48. The minimum Gasteiger partial charge on any atom is -0.321 e. The Morgan fingerprint density at radius 3 is 2.61 bits per heavy atom. The van der Waals surface area contributed by atoms with Gasteiger partial charge in [-0.3, -0.25) is 4.79 Å². The molecule has 0 aliphatic heterocycles. The summed E-state index contributed by atoms with van der Waals surface area (Å²) in [6.45, 7) is 1.78. The summed E-state index contributed by atoms with van der Waals surface area (Å²) < 4.78 is 14.6. The van der Waals surface area contributed by atoms with Crippen molar-refractivity contribution in [2.75, 3.05) is 5.32 Å². The number of nitrogens with one attached hydrogen (secondary N) is 1. The molecule has 0 bridgehead atoms. The zero-order valence-corrected chi connectivity index (χ0v) is 11.9. The van der Waals surface area contributed by atoms with Gasteiger partial charge in [0.05, 0.1) is 11.3 Å². The van der Waals surface area contributed by atoms with Gasteiger partial charge in [0.2, 0.25) is 0 Å².